The lowest BCUT2D eigenvalue weighted by atomic mass is 10.1. The Balaban J connectivity index is 1.63. The molecule has 2 fully saturated rings. The number of nitrogens with zero attached hydrogens (tertiary/aromatic N) is 1. The van der Waals surface area contributed by atoms with Crippen molar-refractivity contribution in [3.8, 4) is 5.75 Å². The largest absolute Gasteiger partial charge is 0.497 e. The molecular formula is C17H21ClN2O3. The topological polar surface area (TPSA) is 58.6 Å². The summed E-state index contributed by atoms with van der Waals surface area (Å²) in [6.45, 7) is 0.517. The molecule has 124 valence electrons. The normalized spacial score (nSPS) is 21.7. The molecule has 1 aliphatic carbocycles. The Hall–Kier alpha value is -1.75. The summed E-state index contributed by atoms with van der Waals surface area (Å²) in [5, 5.41) is 3.26. The van der Waals surface area contributed by atoms with Gasteiger partial charge in [-0.1, -0.05) is 24.4 Å². The van der Waals surface area contributed by atoms with E-state index >= 15 is 0 Å². The molecule has 1 saturated heterocycles. The Labute approximate surface area is 140 Å². The maximum Gasteiger partial charge on any atom is 0.229 e. The van der Waals surface area contributed by atoms with Crippen molar-refractivity contribution in [3.05, 3.63) is 23.2 Å². The quantitative estimate of drug-likeness (QED) is 0.919. The lowest BCUT2D eigenvalue weighted by molar-refractivity contribution is -0.129. The number of halogens is 1. The summed E-state index contributed by atoms with van der Waals surface area (Å²) >= 11 is 6.15. The van der Waals surface area contributed by atoms with E-state index in [-0.39, 0.29) is 24.2 Å². The van der Waals surface area contributed by atoms with Crippen LogP contribution in [0.1, 0.15) is 32.1 Å². The number of nitrogens with one attached hydrogen (secondary N) is 1. The van der Waals surface area contributed by atoms with Crippen LogP contribution in [0, 0.1) is 5.92 Å². The van der Waals surface area contributed by atoms with Gasteiger partial charge in [0.1, 0.15) is 5.75 Å². The summed E-state index contributed by atoms with van der Waals surface area (Å²) in [7, 11) is 1.56. The van der Waals surface area contributed by atoms with Crippen LogP contribution in [0.4, 0.5) is 5.69 Å². The van der Waals surface area contributed by atoms with Crippen molar-refractivity contribution in [3.63, 3.8) is 0 Å². The van der Waals surface area contributed by atoms with E-state index in [9.17, 15) is 9.59 Å². The predicted molar refractivity (Wildman–Crippen MR) is 88.7 cm³/mol. The van der Waals surface area contributed by atoms with Gasteiger partial charge in [-0.2, -0.15) is 0 Å². The van der Waals surface area contributed by atoms with E-state index in [0.717, 1.165) is 12.8 Å². The summed E-state index contributed by atoms with van der Waals surface area (Å²) in [5.74, 6) is 0.279. The van der Waals surface area contributed by atoms with E-state index in [2.05, 4.69) is 5.32 Å². The molecule has 1 unspecified atom stereocenters. The molecule has 3 rings (SSSR count). The second-order valence-electron chi connectivity index (χ2n) is 6.22. The van der Waals surface area contributed by atoms with Crippen LogP contribution in [0.3, 0.4) is 0 Å². The number of hydrogen-bond donors (Lipinski definition) is 1. The van der Waals surface area contributed by atoms with Crippen molar-refractivity contribution in [2.24, 2.45) is 5.92 Å². The highest BCUT2D eigenvalue weighted by Gasteiger charge is 2.38. The second-order valence-corrected chi connectivity index (χ2v) is 6.63. The third-order valence-electron chi connectivity index (χ3n) is 4.73. The number of rotatable bonds is 4. The first-order valence-electron chi connectivity index (χ1n) is 8.02. The SMILES string of the molecule is COc1ccc(NC(=O)C2CC(=O)N(C3CCCC3)C2)c(Cl)c1. The summed E-state index contributed by atoms with van der Waals surface area (Å²) in [4.78, 5) is 26.5. The molecule has 2 aliphatic rings. The van der Waals surface area contributed by atoms with Gasteiger partial charge >= 0.3 is 0 Å². The third kappa shape index (κ3) is 3.44. The van der Waals surface area contributed by atoms with Crippen molar-refractivity contribution in [1.29, 1.82) is 0 Å². The van der Waals surface area contributed by atoms with Crippen molar-refractivity contribution in [1.82, 2.24) is 4.90 Å². The number of methoxy groups -OCH3 is 1. The van der Waals surface area contributed by atoms with Crippen LogP contribution in [0.5, 0.6) is 5.75 Å². The standard InChI is InChI=1S/C17H21ClN2O3/c1-23-13-6-7-15(14(18)9-13)19-17(22)11-8-16(21)20(10-11)12-4-2-3-5-12/h6-7,9,11-12H,2-5,8,10H2,1H3,(H,19,22). The van der Waals surface area contributed by atoms with E-state index in [1.165, 1.54) is 12.8 Å². The fourth-order valence-electron chi connectivity index (χ4n) is 3.44. The van der Waals surface area contributed by atoms with Gasteiger partial charge in [-0.3, -0.25) is 9.59 Å². The molecule has 1 aliphatic heterocycles. The monoisotopic (exact) mass is 336 g/mol. The first-order chi connectivity index (χ1) is 11.1. The molecule has 1 aromatic rings. The van der Waals surface area contributed by atoms with Crippen LogP contribution in [-0.2, 0) is 9.59 Å². The number of amides is 2. The molecule has 1 aromatic carbocycles. The minimum absolute atomic E-state index is 0.0953. The molecule has 5 nitrogen and oxygen atoms in total. The number of benzene rings is 1. The van der Waals surface area contributed by atoms with Gasteiger partial charge in [-0.05, 0) is 25.0 Å². The minimum Gasteiger partial charge on any atom is -0.497 e. The van der Waals surface area contributed by atoms with Crippen molar-refractivity contribution < 1.29 is 14.3 Å². The Morgan fingerprint density at radius 1 is 1.35 bits per heavy atom. The second kappa shape index (κ2) is 6.79. The summed E-state index contributed by atoms with van der Waals surface area (Å²) in [6, 6.07) is 5.43. The van der Waals surface area contributed by atoms with Gasteiger partial charge in [-0.25, -0.2) is 0 Å². The van der Waals surface area contributed by atoms with Gasteiger partial charge in [0.2, 0.25) is 11.8 Å². The molecule has 0 spiro atoms. The van der Waals surface area contributed by atoms with Gasteiger partial charge in [0.15, 0.2) is 0 Å². The zero-order chi connectivity index (χ0) is 16.4. The molecule has 23 heavy (non-hydrogen) atoms. The molecule has 0 aromatic heterocycles. The van der Waals surface area contributed by atoms with Crippen molar-refractivity contribution in [2.75, 3.05) is 19.0 Å². The lowest BCUT2D eigenvalue weighted by Crippen LogP contribution is -2.35. The van der Waals surface area contributed by atoms with Gasteiger partial charge in [0, 0.05) is 25.1 Å². The average molecular weight is 337 g/mol. The number of ether oxygens (including phenoxy) is 1. The summed E-state index contributed by atoms with van der Waals surface area (Å²) < 4.78 is 5.09. The van der Waals surface area contributed by atoms with Crippen LogP contribution in [-0.4, -0.2) is 36.4 Å². The number of hydrogen-bond acceptors (Lipinski definition) is 3. The van der Waals surface area contributed by atoms with Crippen LogP contribution in [0.15, 0.2) is 18.2 Å². The molecular weight excluding hydrogens is 316 g/mol. The van der Waals surface area contributed by atoms with Gasteiger partial charge in [-0.15, -0.1) is 0 Å². The van der Waals surface area contributed by atoms with E-state index in [1.54, 1.807) is 25.3 Å². The predicted octanol–water partition coefficient (Wildman–Crippen LogP) is 3.08. The molecule has 6 heteroatoms. The van der Waals surface area contributed by atoms with Gasteiger partial charge in [0.05, 0.1) is 23.7 Å². The van der Waals surface area contributed by atoms with Gasteiger partial charge in [0.25, 0.3) is 0 Å². The molecule has 1 atom stereocenters. The highest BCUT2D eigenvalue weighted by molar-refractivity contribution is 6.33. The smallest absolute Gasteiger partial charge is 0.229 e. The Kier molecular flexibility index (Phi) is 4.76. The van der Waals surface area contributed by atoms with Gasteiger partial charge < -0.3 is 15.0 Å². The van der Waals surface area contributed by atoms with Crippen LogP contribution in [0.25, 0.3) is 0 Å². The number of carbonyl (C=O) groups is 2. The van der Waals surface area contributed by atoms with Crippen LogP contribution >= 0.6 is 11.6 Å². The molecule has 1 N–H and O–H groups in total. The first kappa shape index (κ1) is 16.1. The average Bonchev–Trinajstić information content (AvgIpc) is 3.18. The van der Waals surface area contributed by atoms with Crippen molar-refractivity contribution in [2.45, 2.75) is 38.1 Å². The zero-order valence-corrected chi connectivity index (χ0v) is 13.9. The number of likely N-dealkylation sites (tertiary alicyclic amines) is 1. The fourth-order valence-corrected chi connectivity index (χ4v) is 3.65. The first-order valence-corrected chi connectivity index (χ1v) is 8.40. The summed E-state index contributed by atoms with van der Waals surface area (Å²) in [5.41, 5.74) is 0.546. The maximum atomic E-state index is 12.4. The molecule has 0 bridgehead atoms. The fraction of sp³-hybridized carbons (Fsp3) is 0.529. The molecule has 1 heterocycles. The Bertz CT molecular complexity index is 614. The van der Waals surface area contributed by atoms with Crippen LogP contribution in [0.2, 0.25) is 5.02 Å². The Morgan fingerprint density at radius 2 is 2.09 bits per heavy atom. The van der Waals surface area contributed by atoms with E-state index in [0.29, 0.717) is 29.0 Å². The third-order valence-corrected chi connectivity index (χ3v) is 5.04. The van der Waals surface area contributed by atoms with E-state index < -0.39 is 0 Å². The number of carbonyl (C=O) groups excluding carboxylic acids is 2. The van der Waals surface area contributed by atoms with Crippen molar-refractivity contribution >= 4 is 29.1 Å². The Morgan fingerprint density at radius 3 is 2.74 bits per heavy atom. The molecule has 0 radical (unpaired) electrons. The van der Waals surface area contributed by atoms with E-state index in [1.807, 2.05) is 4.90 Å². The van der Waals surface area contributed by atoms with E-state index in [4.69, 9.17) is 16.3 Å². The lowest BCUT2D eigenvalue weighted by Gasteiger charge is -2.23. The van der Waals surface area contributed by atoms with Crippen LogP contribution < -0.4 is 10.1 Å². The zero-order valence-electron chi connectivity index (χ0n) is 13.2. The molecule has 2 amide bonds. The highest BCUT2D eigenvalue weighted by atomic mass is 35.5. The number of anilines is 1. The minimum atomic E-state index is -0.304. The highest BCUT2D eigenvalue weighted by Crippen LogP contribution is 2.31. The summed E-state index contributed by atoms with van der Waals surface area (Å²) in [6.07, 6.45) is 4.75. The molecule has 1 saturated carbocycles. The maximum absolute atomic E-state index is 12.4.